The van der Waals surface area contributed by atoms with Crippen molar-refractivity contribution in [1.29, 1.82) is 0 Å². The number of hydrogen-bond donors (Lipinski definition) is 1. The molecule has 2 heterocycles. The zero-order valence-electron chi connectivity index (χ0n) is 6.24. The van der Waals surface area contributed by atoms with Crippen molar-refractivity contribution in [1.82, 2.24) is 9.97 Å². The number of nitrogens with zero attached hydrogens (tertiary/aromatic N) is 1. The Morgan fingerprint density at radius 2 is 2.25 bits per heavy atom. The topological polar surface area (TPSA) is 28.7 Å². The molecule has 3 heteroatoms. The van der Waals surface area contributed by atoms with Gasteiger partial charge in [-0.2, -0.15) is 11.6 Å². The van der Waals surface area contributed by atoms with Crippen molar-refractivity contribution in [3.05, 3.63) is 42.9 Å². The first kappa shape index (κ1) is 9.17. The van der Waals surface area contributed by atoms with Gasteiger partial charge in [-0.1, -0.05) is 18.3 Å². The van der Waals surface area contributed by atoms with E-state index in [1.54, 1.807) is 12.4 Å². The summed E-state index contributed by atoms with van der Waals surface area (Å²) < 4.78 is 0. The van der Waals surface area contributed by atoms with Crippen molar-refractivity contribution >= 4 is 0 Å². The van der Waals surface area contributed by atoms with Crippen LogP contribution in [0.25, 0.3) is 11.3 Å². The Kier molecular flexibility index (Phi) is 3.20. The van der Waals surface area contributed by atoms with Gasteiger partial charge < -0.3 is 9.97 Å². The fourth-order valence-corrected chi connectivity index (χ4v) is 0.956. The van der Waals surface area contributed by atoms with Gasteiger partial charge in [0.1, 0.15) is 0 Å². The molecule has 0 aliphatic carbocycles. The van der Waals surface area contributed by atoms with Gasteiger partial charge in [-0.05, 0) is 11.8 Å². The molecule has 0 aliphatic heterocycles. The van der Waals surface area contributed by atoms with E-state index in [2.05, 4.69) is 16.0 Å². The minimum Gasteiger partial charge on any atom is -0.430 e. The van der Waals surface area contributed by atoms with Crippen LogP contribution in [-0.2, 0) is 20.1 Å². The number of nitrogens with one attached hydrogen (secondary N) is 1. The molecule has 0 atom stereocenters. The molecule has 2 nitrogen and oxygen atoms in total. The van der Waals surface area contributed by atoms with E-state index in [-0.39, 0.29) is 20.1 Å². The van der Waals surface area contributed by atoms with Crippen LogP contribution in [0.1, 0.15) is 0 Å². The third-order valence-corrected chi connectivity index (χ3v) is 1.48. The van der Waals surface area contributed by atoms with Crippen molar-refractivity contribution in [3.8, 4) is 11.3 Å². The summed E-state index contributed by atoms with van der Waals surface area (Å²) in [5.41, 5.74) is 1.96. The van der Waals surface area contributed by atoms with E-state index in [1.807, 2.05) is 24.4 Å². The van der Waals surface area contributed by atoms with E-state index in [1.165, 1.54) is 0 Å². The second-order valence-corrected chi connectivity index (χ2v) is 2.23. The van der Waals surface area contributed by atoms with Gasteiger partial charge in [0.15, 0.2) is 0 Å². The molecule has 63 valence electrons. The number of aromatic amines is 1. The first-order valence-corrected chi connectivity index (χ1v) is 3.43. The number of rotatable bonds is 1. The molecule has 0 aromatic carbocycles. The van der Waals surface area contributed by atoms with Crippen molar-refractivity contribution in [2.24, 2.45) is 0 Å². The van der Waals surface area contributed by atoms with E-state index >= 15 is 0 Å². The van der Waals surface area contributed by atoms with E-state index in [0.29, 0.717) is 0 Å². The quantitative estimate of drug-likeness (QED) is 0.792. The molecule has 2 aromatic rings. The number of aromatic nitrogens is 2. The van der Waals surface area contributed by atoms with Gasteiger partial charge >= 0.3 is 0 Å². The summed E-state index contributed by atoms with van der Waals surface area (Å²) in [5, 5.41) is 0. The summed E-state index contributed by atoms with van der Waals surface area (Å²) in [6, 6.07) is 8.85. The Balaban J connectivity index is 0.000000720. The molecule has 0 spiro atoms. The zero-order chi connectivity index (χ0) is 7.52. The first-order chi connectivity index (χ1) is 5.47. The summed E-state index contributed by atoms with van der Waals surface area (Å²) in [7, 11) is 0. The number of hydrogen-bond acceptors (Lipinski definition) is 1. The van der Waals surface area contributed by atoms with Crippen molar-refractivity contribution in [2.45, 2.75) is 0 Å². The van der Waals surface area contributed by atoms with Crippen LogP contribution in [0.2, 0.25) is 0 Å². The Morgan fingerprint density at radius 1 is 1.33 bits per heavy atom. The standard InChI is InChI=1S/C9H7N2.Ir/c1-2-5-11-9(3-1)8-4-6-10-7-8;/h1-3,5-7,10H;/q-1;. The minimum absolute atomic E-state index is 0. The Hall–Kier alpha value is -0.921. The monoisotopic (exact) mass is 336 g/mol. The van der Waals surface area contributed by atoms with Gasteiger partial charge in [-0.3, -0.25) is 0 Å². The molecule has 0 saturated heterocycles. The largest absolute Gasteiger partial charge is 0.430 e. The SMILES string of the molecule is [Ir].[c-]1c[nH]cc1-c1ccccn1. The molecule has 0 unspecified atom stereocenters. The summed E-state index contributed by atoms with van der Waals surface area (Å²) >= 11 is 0. The van der Waals surface area contributed by atoms with Crippen molar-refractivity contribution in [3.63, 3.8) is 0 Å². The maximum Gasteiger partial charge on any atom is 0.0124 e. The summed E-state index contributed by atoms with van der Waals surface area (Å²) in [6.07, 6.45) is 5.42. The summed E-state index contributed by atoms with van der Waals surface area (Å²) in [5.74, 6) is 0. The van der Waals surface area contributed by atoms with Crippen LogP contribution in [0.4, 0.5) is 0 Å². The van der Waals surface area contributed by atoms with Gasteiger partial charge in [0.2, 0.25) is 0 Å². The molecule has 0 saturated carbocycles. The Morgan fingerprint density at radius 3 is 2.83 bits per heavy atom. The molecule has 0 fully saturated rings. The van der Waals surface area contributed by atoms with Gasteiger partial charge in [-0.15, -0.1) is 6.20 Å². The molecular weight excluding hydrogens is 328 g/mol. The second kappa shape index (κ2) is 4.19. The maximum atomic E-state index is 4.17. The minimum atomic E-state index is 0. The van der Waals surface area contributed by atoms with Crippen LogP contribution in [0, 0.1) is 6.07 Å². The van der Waals surface area contributed by atoms with Crippen LogP contribution in [0.5, 0.6) is 0 Å². The molecule has 0 bridgehead atoms. The fraction of sp³-hybridized carbons (Fsp3) is 0. The average Bonchev–Trinajstić information content (AvgIpc) is 2.58. The average molecular weight is 335 g/mol. The first-order valence-electron chi connectivity index (χ1n) is 3.43. The third kappa shape index (κ3) is 1.81. The van der Waals surface area contributed by atoms with Gasteiger partial charge in [-0.25, -0.2) is 0 Å². The third-order valence-electron chi connectivity index (χ3n) is 1.48. The predicted molar refractivity (Wildman–Crippen MR) is 42.9 cm³/mol. The molecule has 1 radical (unpaired) electrons. The fourth-order valence-electron chi connectivity index (χ4n) is 0.956. The molecule has 12 heavy (non-hydrogen) atoms. The summed E-state index contributed by atoms with van der Waals surface area (Å²) in [4.78, 5) is 7.10. The van der Waals surface area contributed by atoms with Crippen LogP contribution in [-0.4, -0.2) is 9.97 Å². The Bertz CT molecular complexity index is 316. The van der Waals surface area contributed by atoms with Crippen LogP contribution < -0.4 is 0 Å². The zero-order valence-corrected chi connectivity index (χ0v) is 8.64. The van der Waals surface area contributed by atoms with Gasteiger partial charge in [0.25, 0.3) is 0 Å². The molecule has 0 amide bonds. The van der Waals surface area contributed by atoms with Gasteiger partial charge in [0, 0.05) is 26.3 Å². The van der Waals surface area contributed by atoms with Crippen LogP contribution >= 0.6 is 0 Å². The van der Waals surface area contributed by atoms with Crippen LogP contribution in [0.15, 0.2) is 36.8 Å². The van der Waals surface area contributed by atoms with E-state index in [9.17, 15) is 0 Å². The Labute approximate surface area is 84.4 Å². The molecule has 0 aliphatic rings. The molecule has 2 aromatic heterocycles. The van der Waals surface area contributed by atoms with Crippen molar-refractivity contribution < 1.29 is 20.1 Å². The molecule has 1 N–H and O–H groups in total. The number of pyridine rings is 1. The van der Waals surface area contributed by atoms with E-state index in [4.69, 9.17) is 0 Å². The molecule has 2 rings (SSSR count). The molecular formula is C9H7IrN2-. The maximum absolute atomic E-state index is 4.17. The van der Waals surface area contributed by atoms with Crippen molar-refractivity contribution in [2.75, 3.05) is 0 Å². The smallest absolute Gasteiger partial charge is 0.0124 e. The van der Waals surface area contributed by atoms with Crippen LogP contribution in [0.3, 0.4) is 0 Å². The number of H-pyrrole nitrogens is 1. The second-order valence-electron chi connectivity index (χ2n) is 2.23. The normalized spacial score (nSPS) is 9.00. The van der Waals surface area contributed by atoms with E-state index in [0.717, 1.165) is 11.3 Å². The van der Waals surface area contributed by atoms with Gasteiger partial charge in [0.05, 0.1) is 0 Å². The van der Waals surface area contributed by atoms with E-state index < -0.39 is 0 Å². The summed E-state index contributed by atoms with van der Waals surface area (Å²) in [6.45, 7) is 0. The predicted octanol–water partition coefficient (Wildman–Crippen LogP) is 1.87.